The quantitative estimate of drug-likeness (QED) is 0.659. The molecule has 0 saturated carbocycles. The van der Waals surface area contributed by atoms with Crippen molar-refractivity contribution in [3.8, 4) is 5.75 Å². The van der Waals surface area contributed by atoms with Crippen LogP contribution in [0.2, 0.25) is 18.1 Å². The molecule has 0 heterocycles. The first-order chi connectivity index (χ1) is 8.67. The summed E-state index contributed by atoms with van der Waals surface area (Å²) in [4.78, 5) is 10.6. The lowest BCUT2D eigenvalue weighted by atomic mass is 10.1. The van der Waals surface area contributed by atoms with Crippen molar-refractivity contribution in [2.45, 2.75) is 45.3 Å². The third-order valence-corrected chi connectivity index (χ3v) is 8.42. The van der Waals surface area contributed by atoms with Gasteiger partial charge in [0, 0.05) is 6.61 Å². The molecule has 1 rings (SSSR count). The largest absolute Gasteiger partial charge is 0.507 e. The predicted octanol–water partition coefficient (Wildman–Crippen LogP) is 3.77. The normalized spacial score (nSPS) is 12.5. The molecule has 1 N–H and O–H groups in total. The zero-order valence-electron chi connectivity index (χ0n) is 12.5. The molecule has 0 radical (unpaired) electrons. The summed E-state index contributed by atoms with van der Waals surface area (Å²) in [7, 11) is -1.71. The van der Waals surface area contributed by atoms with E-state index in [1.807, 2.05) is 6.07 Å². The number of rotatable bonds is 5. The van der Waals surface area contributed by atoms with Crippen molar-refractivity contribution in [2.24, 2.45) is 0 Å². The second-order valence-corrected chi connectivity index (χ2v) is 11.2. The highest BCUT2D eigenvalue weighted by atomic mass is 28.4. The zero-order chi connectivity index (χ0) is 14.7. The summed E-state index contributed by atoms with van der Waals surface area (Å²) in [5.41, 5.74) is 1.32. The van der Waals surface area contributed by atoms with Crippen molar-refractivity contribution in [2.75, 3.05) is 6.61 Å². The first-order valence-corrected chi connectivity index (χ1v) is 9.49. The van der Waals surface area contributed by atoms with Crippen molar-refractivity contribution in [1.29, 1.82) is 0 Å². The molecule has 0 aliphatic heterocycles. The third kappa shape index (κ3) is 4.18. The van der Waals surface area contributed by atoms with Crippen molar-refractivity contribution in [3.05, 3.63) is 29.3 Å². The van der Waals surface area contributed by atoms with Gasteiger partial charge in [-0.25, -0.2) is 0 Å². The lowest BCUT2D eigenvalue weighted by Gasteiger charge is -2.36. The van der Waals surface area contributed by atoms with Crippen LogP contribution in [0.3, 0.4) is 0 Å². The number of phenolic OH excluding ortho intramolecular Hbond substituents is 1. The van der Waals surface area contributed by atoms with Crippen LogP contribution in [0.5, 0.6) is 5.75 Å². The molecule has 0 spiro atoms. The fourth-order valence-corrected chi connectivity index (χ4v) is 2.53. The summed E-state index contributed by atoms with van der Waals surface area (Å²) in [5.74, 6) is 0.0415. The van der Waals surface area contributed by atoms with Crippen molar-refractivity contribution >= 4 is 14.6 Å². The average Bonchev–Trinajstić information content (AvgIpc) is 2.27. The molecule has 1 aromatic rings. The topological polar surface area (TPSA) is 46.5 Å². The van der Waals surface area contributed by atoms with Crippen LogP contribution in [-0.4, -0.2) is 26.3 Å². The number of carbonyl (C=O) groups is 1. The van der Waals surface area contributed by atoms with Crippen molar-refractivity contribution < 1.29 is 14.3 Å². The number of phenols is 1. The number of carbonyl (C=O) groups excluding carboxylic acids is 1. The Morgan fingerprint density at radius 3 is 2.42 bits per heavy atom. The monoisotopic (exact) mass is 280 g/mol. The second kappa shape index (κ2) is 5.88. The summed E-state index contributed by atoms with van der Waals surface area (Å²) < 4.78 is 6.08. The predicted molar refractivity (Wildman–Crippen MR) is 80.3 cm³/mol. The molecule has 0 fully saturated rings. The molecule has 0 saturated heterocycles. The number of hydrogen-bond donors (Lipinski definition) is 1. The number of aldehydes is 1. The first kappa shape index (κ1) is 15.9. The molecule has 0 unspecified atom stereocenters. The van der Waals surface area contributed by atoms with Crippen LogP contribution in [0, 0.1) is 0 Å². The minimum Gasteiger partial charge on any atom is -0.507 e. The fourth-order valence-electron chi connectivity index (χ4n) is 1.48. The van der Waals surface area contributed by atoms with Crippen LogP contribution in [0.4, 0.5) is 0 Å². The maximum Gasteiger partial charge on any atom is 0.191 e. The van der Waals surface area contributed by atoms with Gasteiger partial charge < -0.3 is 9.53 Å². The Balaban J connectivity index is 2.59. The number of aromatic hydroxyl groups is 1. The summed E-state index contributed by atoms with van der Waals surface area (Å²) >= 11 is 0. The number of hydrogen-bond acceptors (Lipinski definition) is 3. The Hall–Kier alpha value is -1.13. The molecule has 106 valence electrons. The lowest BCUT2D eigenvalue weighted by Crippen LogP contribution is -2.41. The van der Waals surface area contributed by atoms with E-state index in [2.05, 4.69) is 33.9 Å². The van der Waals surface area contributed by atoms with Crippen LogP contribution in [0.1, 0.15) is 36.7 Å². The molecular formula is C15H24O3Si. The van der Waals surface area contributed by atoms with Gasteiger partial charge in [0.2, 0.25) is 0 Å². The van der Waals surface area contributed by atoms with E-state index in [-0.39, 0.29) is 10.8 Å². The second-order valence-electron chi connectivity index (χ2n) is 6.37. The van der Waals surface area contributed by atoms with E-state index < -0.39 is 8.32 Å². The van der Waals surface area contributed by atoms with Gasteiger partial charge >= 0.3 is 0 Å². The van der Waals surface area contributed by atoms with Gasteiger partial charge in [0.05, 0.1) is 5.56 Å². The Bertz CT molecular complexity index is 447. The van der Waals surface area contributed by atoms with E-state index in [0.717, 1.165) is 12.0 Å². The van der Waals surface area contributed by atoms with Gasteiger partial charge in [0.1, 0.15) is 5.75 Å². The Morgan fingerprint density at radius 1 is 1.32 bits per heavy atom. The van der Waals surface area contributed by atoms with E-state index >= 15 is 0 Å². The molecule has 0 atom stereocenters. The van der Waals surface area contributed by atoms with Crippen molar-refractivity contribution in [1.82, 2.24) is 0 Å². The van der Waals surface area contributed by atoms with Gasteiger partial charge in [-0.15, -0.1) is 0 Å². The highest BCUT2D eigenvalue weighted by molar-refractivity contribution is 6.74. The van der Waals surface area contributed by atoms with Gasteiger partial charge in [0.15, 0.2) is 14.6 Å². The van der Waals surface area contributed by atoms with Crippen LogP contribution >= 0.6 is 0 Å². The molecule has 3 nitrogen and oxygen atoms in total. The smallest absolute Gasteiger partial charge is 0.191 e. The SMILES string of the molecule is CC(C)(C)[Si](C)(C)OCCc1ccc(C=O)c(O)c1. The maximum absolute atomic E-state index is 10.6. The summed E-state index contributed by atoms with van der Waals surface area (Å²) in [5, 5.41) is 9.82. The Kier molecular flexibility index (Phi) is 4.93. The molecule has 19 heavy (non-hydrogen) atoms. The molecule has 1 aromatic carbocycles. The van der Waals surface area contributed by atoms with Gasteiger partial charge in [0.25, 0.3) is 0 Å². The summed E-state index contributed by atoms with van der Waals surface area (Å²) in [6.07, 6.45) is 1.41. The molecular weight excluding hydrogens is 256 g/mol. The van der Waals surface area contributed by atoms with Crippen LogP contribution in [-0.2, 0) is 10.8 Å². The highest BCUT2D eigenvalue weighted by Crippen LogP contribution is 2.36. The fraction of sp³-hybridized carbons (Fsp3) is 0.533. The molecule has 0 amide bonds. The standard InChI is InChI=1S/C15H24O3Si/c1-15(2,3)19(4,5)18-9-8-12-6-7-13(11-16)14(17)10-12/h6-7,10-11,17H,8-9H2,1-5H3. The lowest BCUT2D eigenvalue weighted by molar-refractivity contribution is 0.112. The van der Waals surface area contributed by atoms with Crippen LogP contribution < -0.4 is 0 Å². The van der Waals surface area contributed by atoms with E-state index in [1.54, 1.807) is 12.1 Å². The molecule has 0 aliphatic rings. The van der Waals surface area contributed by atoms with E-state index in [1.165, 1.54) is 0 Å². The van der Waals surface area contributed by atoms with Crippen LogP contribution in [0.15, 0.2) is 18.2 Å². The van der Waals surface area contributed by atoms with Gasteiger partial charge in [-0.05, 0) is 42.2 Å². The van der Waals surface area contributed by atoms with Gasteiger partial charge in [-0.3, -0.25) is 4.79 Å². The third-order valence-electron chi connectivity index (χ3n) is 3.88. The van der Waals surface area contributed by atoms with Gasteiger partial charge in [-0.1, -0.05) is 26.8 Å². The van der Waals surface area contributed by atoms with E-state index in [4.69, 9.17) is 4.43 Å². The first-order valence-electron chi connectivity index (χ1n) is 6.58. The van der Waals surface area contributed by atoms with Crippen molar-refractivity contribution in [3.63, 3.8) is 0 Å². The van der Waals surface area contributed by atoms with Crippen LogP contribution in [0.25, 0.3) is 0 Å². The minimum absolute atomic E-state index is 0.0415. The highest BCUT2D eigenvalue weighted by Gasteiger charge is 2.36. The summed E-state index contributed by atoms with van der Waals surface area (Å²) in [6.45, 7) is 11.7. The Morgan fingerprint density at radius 2 is 1.95 bits per heavy atom. The summed E-state index contributed by atoms with van der Waals surface area (Å²) in [6, 6.07) is 5.14. The molecule has 0 bridgehead atoms. The molecule has 4 heteroatoms. The Labute approximate surface area is 116 Å². The zero-order valence-corrected chi connectivity index (χ0v) is 13.5. The van der Waals surface area contributed by atoms with Gasteiger partial charge in [-0.2, -0.15) is 0 Å². The molecule has 0 aliphatic carbocycles. The molecule has 0 aromatic heterocycles. The van der Waals surface area contributed by atoms with E-state index in [9.17, 15) is 9.90 Å². The number of benzene rings is 1. The average molecular weight is 280 g/mol. The maximum atomic E-state index is 10.6. The minimum atomic E-state index is -1.71. The van der Waals surface area contributed by atoms with E-state index in [0.29, 0.717) is 18.5 Å².